The summed E-state index contributed by atoms with van der Waals surface area (Å²) in [6, 6.07) is 4.69. The smallest absolute Gasteiger partial charge is 0.384 e. The summed E-state index contributed by atoms with van der Waals surface area (Å²) in [5.74, 6) is -35.4. The first-order valence-electron chi connectivity index (χ1n) is 7.78. The van der Waals surface area contributed by atoms with Crippen LogP contribution in [0.5, 0.6) is 0 Å². The second kappa shape index (κ2) is 6.20. The van der Waals surface area contributed by atoms with Crippen molar-refractivity contribution in [2.75, 3.05) is 0 Å². The van der Waals surface area contributed by atoms with Crippen LogP contribution in [0.4, 0.5) is 48.3 Å². The summed E-state index contributed by atoms with van der Waals surface area (Å²) in [5.41, 5.74) is -6.57. The van der Waals surface area contributed by atoms with Crippen LogP contribution in [-0.4, -0.2) is 40.4 Å². The second-order valence-corrected chi connectivity index (χ2v) is 6.45. The molecule has 0 amide bonds. The van der Waals surface area contributed by atoms with Crippen LogP contribution in [0, 0.1) is 0 Å². The summed E-state index contributed by atoms with van der Waals surface area (Å²) in [4.78, 5) is 0. The van der Waals surface area contributed by atoms with Crippen molar-refractivity contribution in [3.05, 3.63) is 35.4 Å². The lowest BCUT2D eigenvalue weighted by Crippen LogP contribution is -2.83. The quantitative estimate of drug-likeness (QED) is 0.620. The van der Waals surface area contributed by atoms with E-state index in [2.05, 4.69) is 0 Å². The minimum Gasteiger partial charge on any atom is -0.388 e. The van der Waals surface area contributed by atoms with Gasteiger partial charge >= 0.3 is 29.6 Å². The van der Waals surface area contributed by atoms with E-state index >= 15 is 0 Å². The second-order valence-electron chi connectivity index (χ2n) is 6.45. The number of alkyl halides is 11. The highest BCUT2D eigenvalue weighted by atomic mass is 19.4. The third-order valence-electron chi connectivity index (χ3n) is 4.84. The summed E-state index contributed by atoms with van der Waals surface area (Å²) in [7, 11) is 0. The summed E-state index contributed by atoms with van der Waals surface area (Å²) in [5, 5.41) is 9.90. The molecule has 1 saturated carbocycles. The zero-order valence-electron chi connectivity index (χ0n) is 13.9. The first kappa shape index (κ1) is 22.7. The van der Waals surface area contributed by atoms with Gasteiger partial charge in [0.25, 0.3) is 5.67 Å². The maximum Gasteiger partial charge on any atom is 0.384 e. The Morgan fingerprint density at radius 3 is 1.54 bits per heavy atom. The number of aliphatic hydroxyl groups excluding tert-OH is 1. The zero-order valence-corrected chi connectivity index (χ0v) is 13.9. The first-order valence-corrected chi connectivity index (χ1v) is 7.78. The van der Waals surface area contributed by atoms with Gasteiger partial charge in [-0.3, -0.25) is 0 Å². The Labute approximate surface area is 151 Å². The molecule has 0 aromatic heterocycles. The third kappa shape index (κ3) is 2.42. The molecule has 1 fully saturated rings. The topological polar surface area (TPSA) is 20.2 Å². The minimum atomic E-state index is -7.26. The Hall–Kier alpha value is -1.59. The average molecular weight is 430 g/mol. The van der Waals surface area contributed by atoms with Gasteiger partial charge in [0, 0.05) is 6.42 Å². The molecule has 28 heavy (non-hydrogen) atoms. The molecule has 160 valence electrons. The normalized spacial score (nSPS) is 27.2. The third-order valence-corrected chi connectivity index (χ3v) is 4.84. The van der Waals surface area contributed by atoms with E-state index in [9.17, 15) is 53.4 Å². The van der Waals surface area contributed by atoms with Gasteiger partial charge in [0.15, 0.2) is 0 Å². The van der Waals surface area contributed by atoms with E-state index in [-0.39, 0.29) is 12.0 Å². The molecule has 1 aliphatic rings. The largest absolute Gasteiger partial charge is 0.388 e. The summed E-state index contributed by atoms with van der Waals surface area (Å²) < 4.78 is 150. The minimum absolute atomic E-state index is 0.0453. The molecule has 0 heterocycles. The maximum atomic E-state index is 14.7. The van der Waals surface area contributed by atoms with E-state index in [0.717, 1.165) is 12.1 Å². The van der Waals surface area contributed by atoms with Gasteiger partial charge in [0.1, 0.15) is 0 Å². The van der Waals surface area contributed by atoms with Gasteiger partial charge in [-0.2, -0.15) is 43.9 Å². The number of aliphatic hydroxyl groups is 1. The molecule has 1 unspecified atom stereocenters. The number of halogens is 11. The summed E-state index contributed by atoms with van der Waals surface area (Å²) >= 11 is 0. The fraction of sp³-hybridized carbons (Fsp3) is 0.625. The highest BCUT2D eigenvalue weighted by Gasteiger charge is 3.00. The van der Waals surface area contributed by atoms with Crippen molar-refractivity contribution in [2.45, 2.75) is 61.2 Å². The molecule has 0 radical (unpaired) electrons. The van der Waals surface area contributed by atoms with E-state index in [1.165, 1.54) is 19.1 Å². The van der Waals surface area contributed by atoms with E-state index < -0.39 is 53.4 Å². The highest BCUT2D eigenvalue weighted by molar-refractivity contribution is 5.32. The molecule has 0 aliphatic heterocycles. The van der Waals surface area contributed by atoms with Crippen LogP contribution < -0.4 is 0 Å². The van der Waals surface area contributed by atoms with Crippen LogP contribution in [0.1, 0.15) is 30.6 Å². The molecule has 1 N–H and O–H groups in total. The lowest BCUT2D eigenvalue weighted by atomic mass is 9.69. The Morgan fingerprint density at radius 1 is 0.714 bits per heavy atom. The molecule has 12 heteroatoms. The van der Waals surface area contributed by atoms with E-state index in [0.29, 0.717) is 0 Å². The average Bonchev–Trinajstić information content (AvgIpc) is 2.59. The molecule has 0 saturated heterocycles. The van der Waals surface area contributed by atoms with Gasteiger partial charge in [-0.1, -0.05) is 31.2 Å². The van der Waals surface area contributed by atoms with Crippen molar-refractivity contribution < 1.29 is 53.4 Å². The standard InChI is InChI=1S/C16H13F11O/c1-2-8-5-3-4-6-9(8)10(28)7-11(17)12(18,19)14(22,23)16(26,27)15(24,25)13(11,20)21/h3-6,10,28H,2,7H2,1H3. The van der Waals surface area contributed by atoms with Gasteiger partial charge < -0.3 is 5.11 Å². The van der Waals surface area contributed by atoms with Crippen molar-refractivity contribution in [2.24, 2.45) is 0 Å². The number of rotatable bonds is 4. The highest BCUT2D eigenvalue weighted by Crippen LogP contribution is 2.70. The molecule has 2 rings (SSSR count). The van der Waals surface area contributed by atoms with Crippen LogP contribution in [0.25, 0.3) is 0 Å². The Balaban J connectivity index is 2.66. The predicted molar refractivity (Wildman–Crippen MR) is 74.0 cm³/mol. The van der Waals surface area contributed by atoms with Crippen molar-refractivity contribution >= 4 is 0 Å². The van der Waals surface area contributed by atoms with Crippen LogP contribution in [-0.2, 0) is 6.42 Å². The molecule has 1 nitrogen and oxygen atoms in total. The lowest BCUT2D eigenvalue weighted by molar-refractivity contribution is -0.487. The zero-order chi connectivity index (χ0) is 22.0. The predicted octanol–water partition coefficient (Wildman–Crippen LogP) is 5.57. The van der Waals surface area contributed by atoms with Gasteiger partial charge in [-0.25, -0.2) is 4.39 Å². The molecule has 0 spiro atoms. The van der Waals surface area contributed by atoms with Crippen molar-refractivity contribution in [3.8, 4) is 0 Å². The Morgan fingerprint density at radius 2 is 1.11 bits per heavy atom. The molecular weight excluding hydrogens is 417 g/mol. The number of hydrogen-bond donors (Lipinski definition) is 1. The monoisotopic (exact) mass is 430 g/mol. The number of hydrogen-bond acceptors (Lipinski definition) is 1. The van der Waals surface area contributed by atoms with Crippen LogP contribution in [0.3, 0.4) is 0 Å². The number of benzene rings is 1. The van der Waals surface area contributed by atoms with E-state index in [1.807, 2.05) is 0 Å². The fourth-order valence-corrected chi connectivity index (χ4v) is 3.10. The van der Waals surface area contributed by atoms with Crippen molar-refractivity contribution in [1.82, 2.24) is 0 Å². The fourth-order valence-electron chi connectivity index (χ4n) is 3.10. The van der Waals surface area contributed by atoms with Gasteiger partial charge in [0.05, 0.1) is 6.10 Å². The molecule has 1 aromatic carbocycles. The van der Waals surface area contributed by atoms with Gasteiger partial charge in [-0.05, 0) is 17.5 Å². The molecule has 1 aliphatic carbocycles. The Bertz CT molecular complexity index is 714. The van der Waals surface area contributed by atoms with Crippen LogP contribution in [0.2, 0.25) is 0 Å². The van der Waals surface area contributed by atoms with Gasteiger partial charge in [-0.15, -0.1) is 0 Å². The molecule has 1 atom stereocenters. The summed E-state index contributed by atoms with van der Waals surface area (Å²) in [6.07, 6.45) is -5.31. The molecule has 0 bridgehead atoms. The number of aryl methyl sites for hydroxylation is 1. The van der Waals surface area contributed by atoms with Crippen LogP contribution >= 0.6 is 0 Å². The van der Waals surface area contributed by atoms with Crippen molar-refractivity contribution in [1.29, 1.82) is 0 Å². The summed E-state index contributed by atoms with van der Waals surface area (Å²) in [6.45, 7) is 1.45. The van der Waals surface area contributed by atoms with Crippen molar-refractivity contribution in [3.63, 3.8) is 0 Å². The lowest BCUT2D eigenvalue weighted by Gasteiger charge is -2.53. The van der Waals surface area contributed by atoms with E-state index in [1.54, 1.807) is 0 Å². The van der Waals surface area contributed by atoms with E-state index in [4.69, 9.17) is 0 Å². The first-order chi connectivity index (χ1) is 12.4. The molecule has 1 aromatic rings. The molecular formula is C16H13F11O. The SMILES string of the molecule is CCc1ccccc1C(O)CC1(F)C(F)(F)C(F)(F)C(F)(F)C(F)(F)C1(F)F. The Kier molecular flexibility index (Phi) is 5.03. The van der Waals surface area contributed by atoms with Gasteiger partial charge in [0.2, 0.25) is 0 Å². The van der Waals surface area contributed by atoms with Crippen LogP contribution in [0.15, 0.2) is 24.3 Å². The maximum absolute atomic E-state index is 14.7.